The zero-order valence-corrected chi connectivity index (χ0v) is 18.9. The van der Waals surface area contributed by atoms with Crippen LogP contribution in [0.2, 0.25) is 0 Å². The number of fused-ring (bicyclic) bond motifs is 1. The second kappa shape index (κ2) is 8.48. The van der Waals surface area contributed by atoms with Crippen LogP contribution in [0.3, 0.4) is 0 Å². The van der Waals surface area contributed by atoms with Crippen molar-refractivity contribution in [2.24, 2.45) is 0 Å². The number of aliphatic hydroxyl groups excluding tert-OH is 1. The number of piperidine rings is 1. The maximum atomic E-state index is 13.3. The SMILES string of the molecule is CCc1nc2ccc(N3CCCC(O)C3)nn2c1N(C)c1nc(-c2ccc(F)cc2)cs1. The van der Waals surface area contributed by atoms with Crippen LogP contribution in [0, 0.1) is 5.82 Å². The van der Waals surface area contributed by atoms with Crippen molar-refractivity contribution >= 4 is 33.8 Å². The van der Waals surface area contributed by atoms with Crippen LogP contribution < -0.4 is 9.80 Å². The van der Waals surface area contributed by atoms with Gasteiger partial charge in [0.25, 0.3) is 0 Å². The van der Waals surface area contributed by atoms with E-state index in [0.29, 0.717) is 6.54 Å². The number of β-amino-alcohol motifs (C(OH)–C–C–N with tert-alkyl or cyclic N) is 1. The normalized spacial score (nSPS) is 16.6. The minimum Gasteiger partial charge on any atom is -0.391 e. The summed E-state index contributed by atoms with van der Waals surface area (Å²) in [5.41, 5.74) is 3.40. The van der Waals surface area contributed by atoms with Gasteiger partial charge >= 0.3 is 0 Å². The summed E-state index contributed by atoms with van der Waals surface area (Å²) in [5, 5.41) is 17.7. The highest BCUT2D eigenvalue weighted by Crippen LogP contribution is 2.33. The Labute approximate surface area is 189 Å². The average Bonchev–Trinajstić information content (AvgIpc) is 3.44. The molecule has 0 amide bonds. The van der Waals surface area contributed by atoms with E-state index in [1.165, 1.54) is 23.5 Å². The Morgan fingerprint density at radius 2 is 2.00 bits per heavy atom. The Hall–Kier alpha value is -3.04. The topological polar surface area (TPSA) is 69.8 Å². The highest BCUT2D eigenvalue weighted by Gasteiger charge is 2.23. The van der Waals surface area contributed by atoms with Gasteiger partial charge in [-0.05, 0) is 55.7 Å². The molecule has 5 rings (SSSR count). The maximum absolute atomic E-state index is 13.3. The number of nitrogens with zero attached hydrogens (tertiary/aromatic N) is 6. The van der Waals surface area contributed by atoms with E-state index in [0.717, 1.165) is 65.2 Å². The number of halogens is 1. The Balaban J connectivity index is 1.52. The molecular formula is C23H25FN6OS. The minimum absolute atomic E-state index is 0.261. The monoisotopic (exact) mass is 452 g/mol. The molecule has 0 saturated carbocycles. The van der Waals surface area contributed by atoms with Gasteiger partial charge in [0.05, 0.1) is 17.5 Å². The lowest BCUT2D eigenvalue weighted by molar-refractivity contribution is 0.153. The fourth-order valence-electron chi connectivity index (χ4n) is 4.12. The first kappa shape index (κ1) is 20.8. The largest absolute Gasteiger partial charge is 0.391 e. The van der Waals surface area contributed by atoms with Gasteiger partial charge in [-0.1, -0.05) is 6.92 Å². The fourth-order valence-corrected chi connectivity index (χ4v) is 4.93. The second-order valence-electron chi connectivity index (χ2n) is 8.02. The number of thiazole rings is 1. The van der Waals surface area contributed by atoms with Crippen LogP contribution in [0.1, 0.15) is 25.5 Å². The molecule has 7 nitrogen and oxygen atoms in total. The van der Waals surface area contributed by atoms with Crippen LogP contribution in [0.5, 0.6) is 0 Å². The molecule has 1 aromatic carbocycles. The van der Waals surface area contributed by atoms with Gasteiger partial charge < -0.3 is 14.9 Å². The average molecular weight is 453 g/mol. The predicted molar refractivity (Wildman–Crippen MR) is 125 cm³/mol. The minimum atomic E-state index is -0.322. The van der Waals surface area contributed by atoms with Gasteiger partial charge in [-0.25, -0.2) is 14.4 Å². The third-order valence-electron chi connectivity index (χ3n) is 5.80. The Morgan fingerprint density at radius 1 is 1.19 bits per heavy atom. The van der Waals surface area contributed by atoms with Crippen molar-refractivity contribution in [3.8, 4) is 11.3 Å². The summed E-state index contributed by atoms with van der Waals surface area (Å²) in [7, 11) is 1.97. The zero-order chi connectivity index (χ0) is 22.2. The number of hydrogen-bond acceptors (Lipinski definition) is 7. The number of aryl methyl sites for hydroxylation is 1. The summed E-state index contributed by atoms with van der Waals surface area (Å²) in [6.45, 7) is 3.54. The first-order valence-electron chi connectivity index (χ1n) is 10.8. The van der Waals surface area contributed by atoms with E-state index in [1.54, 1.807) is 12.1 Å². The second-order valence-corrected chi connectivity index (χ2v) is 8.86. The fraction of sp³-hybridized carbons (Fsp3) is 0.348. The van der Waals surface area contributed by atoms with Crippen LogP contribution in [-0.4, -0.2) is 50.9 Å². The third kappa shape index (κ3) is 3.82. The van der Waals surface area contributed by atoms with Crippen LogP contribution in [-0.2, 0) is 6.42 Å². The molecule has 0 spiro atoms. The standard InChI is InChI=1S/C23H25FN6OS/c1-3-18-22(28(2)23-26-19(14-32-23)15-6-8-16(24)9-7-15)30-20(25-18)10-11-21(27-30)29-12-4-5-17(31)13-29/h6-11,14,17,31H,3-5,12-13H2,1-2H3. The summed E-state index contributed by atoms with van der Waals surface area (Å²) in [4.78, 5) is 13.7. The number of rotatable bonds is 5. The van der Waals surface area contributed by atoms with Gasteiger partial charge in [-0.15, -0.1) is 16.4 Å². The molecule has 1 unspecified atom stereocenters. The Morgan fingerprint density at radius 3 is 2.75 bits per heavy atom. The number of hydrogen-bond donors (Lipinski definition) is 1. The van der Waals surface area contributed by atoms with Crippen molar-refractivity contribution in [1.82, 2.24) is 19.6 Å². The molecule has 1 atom stereocenters. The Bertz CT molecular complexity index is 1240. The first-order chi connectivity index (χ1) is 15.5. The van der Waals surface area contributed by atoms with Crippen LogP contribution >= 0.6 is 11.3 Å². The van der Waals surface area contributed by atoms with Gasteiger partial charge in [-0.2, -0.15) is 4.52 Å². The molecule has 9 heteroatoms. The van der Waals surface area contributed by atoms with Crippen LogP contribution in [0.15, 0.2) is 41.8 Å². The molecule has 32 heavy (non-hydrogen) atoms. The number of aliphatic hydroxyl groups is 1. The molecule has 1 saturated heterocycles. The number of aromatic nitrogens is 4. The molecule has 0 radical (unpaired) electrons. The highest BCUT2D eigenvalue weighted by molar-refractivity contribution is 7.14. The molecule has 4 aromatic rings. The van der Waals surface area contributed by atoms with E-state index in [9.17, 15) is 9.50 Å². The number of anilines is 3. The van der Waals surface area contributed by atoms with Crippen molar-refractivity contribution in [1.29, 1.82) is 0 Å². The lowest BCUT2D eigenvalue weighted by Gasteiger charge is -2.30. The number of benzene rings is 1. The van der Waals surface area contributed by atoms with Crippen molar-refractivity contribution in [2.75, 3.05) is 29.9 Å². The molecule has 166 valence electrons. The van der Waals surface area contributed by atoms with Crippen molar-refractivity contribution in [3.63, 3.8) is 0 Å². The maximum Gasteiger partial charge on any atom is 0.191 e. The molecule has 1 aliphatic rings. The van der Waals surface area contributed by atoms with Crippen molar-refractivity contribution in [3.05, 3.63) is 53.3 Å². The van der Waals surface area contributed by atoms with Gasteiger partial charge in [-0.3, -0.25) is 0 Å². The molecule has 1 aliphatic heterocycles. The smallest absolute Gasteiger partial charge is 0.191 e. The van der Waals surface area contributed by atoms with Crippen LogP contribution in [0.25, 0.3) is 16.9 Å². The molecule has 1 fully saturated rings. The molecule has 4 heterocycles. The predicted octanol–water partition coefficient (Wildman–Crippen LogP) is 4.28. The van der Waals surface area contributed by atoms with E-state index in [1.807, 2.05) is 34.0 Å². The van der Waals surface area contributed by atoms with E-state index in [2.05, 4.69) is 11.8 Å². The molecule has 1 N–H and O–H groups in total. The van der Waals surface area contributed by atoms with Crippen molar-refractivity contribution in [2.45, 2.75) is 32.3 Å². The molecular weight excluding hydrogens is 427 g/mol. The van der Waals surface area contributed by atoms with E-state index >= 15 is 0 Å². The van der Waals surface area contributed by atoms with Gasteiger partial charge in [0.2, 0.25) is 0 Å². The van der Waals surface area contributed by atoms with E-state index in [4.69, 9.17) is 15.1 Å². The summed E-state index contributed by atoms with van der Waals surface area (Å²) in [6, 6.07) is 10.3. The molecule has 3 aromatic heterocycles. The first-order valence-corrected chi connectivity index (χ1v) is 11.7. The zero-order valence-electron chi connectivity index (χ0n) is 18.1. The van der Waals surface area contributed by atoms with E-state index in [-0.39, 0.29) is 11.9 Å². The molecule has 0 aliphatic carbocycles. The summed E-state index contributed by atoms with van der Waals surface area (Å²) in [6.07, 6.45) is 2.22. The van der Waals surface area contributed by atoms with Gasteiger partial charge in [0.1, 0.15) is 11.6 Å². The number of imidazole rings is 1. The lowest BCUT2D eigenvalue weighted by Crippen LogP contribution is -2.38. The van der Waals surface area contributed by atoms with Crippen LogP contribution in [0.4, 0.5) is 21.2 Å². The Kier molecular flexibility index (Phi) is 5.52. The summed E-state index contributed by atoms with van der Waals surface area (Å²) < 4.78 is 15.2. The summed E-state index contributed by atoms with van der Waals surface area (Å²) >= 11 is 1.52. The van der Waals surface area contributed by atoms with Gasteiger partial charge in [0, 0.05) is 31.1 Å². The van der Waals surface area contributed by atoms with Gasteiger partial charge in [0.15, 0.2) is 16.6 Å². The highest BCUT2D eigenvalue weighted by atomic mass is 32.1. The van der Waals surface area contributed by atoms with E-state index < -0.39 is 0 Å². The quantitative estimate of drug-likeness (QED) is 0.487. The summed E-state index contributed by atoms with van der Waals surface area (Å²) in [5.74, 6) is 1.45. The van der Waals surface area contributed by atoms with Crippen molar-refractivity contribution < 1.29 is 9.50 Å². The lowest BCUT2D eigenvalue weighted by atomic mass is 10.1. The molecule has 0 bridgehead atoms. The third-order valence-corrected chi connectivity index (χ3v) is 6.72.